The summed E-state index contributed by atoms with van der Waals surface area (Å²) < 4.78 is 67.2. The average Bonchev–Trinajstić information content (AvgIpc) is 3.42. The van der Waals surface area contributed by atoms with Crippen molar-refractivity contribution in [1.29, 1.82) is 0 Å². The molecule has 17 heteroatoms. The Morgan fingerprint density at radius 1 is 1.02 bits per heavy atom. The molecule has 0 radical (unpaired) electrons. The normalized spacial score (nSPS) is 11.0. The number of hydrogen-bond acceptors (Lipinski definition) is 8. The van der Waals surface area contributed by atoms with Gasteiger partial charge in [0.25, 0.3) is 5.91 Å². The Labute approximate surface area is 251 Å². The maximum atomic E-state index is 14.7. The first-order valence-electron chi connectivity index (χ1n) is 13.0. The van der Waals surface area contributed by atoms with Crippen LogP contribution in [0.3, 0.4) is 0 Å². The molecule has 2 heterocycles. The van der Waals surface area contributed by atoms with Crippen LogP contribution in [0.1, 0.15) is 22.8 Å². The van der Waals surface area contributed by atoms with E-state index in [9.17, 15) is 31.5 Å². The van der Waals surface area contributed by atoms with Gasteiger partial charge in [0.1, 0.15) is 0 Å². The first kappa shape index (κ1) is 34.2. The molecule has 1 amide bonds. The fourth-order valence-corrected chi connectivity index (χ4v) is 3.97. The second-order valence-corrected chi connectivity index (χ2v) is 9.04. The van der Waals surface area contributed by atoms with Gasteiger partial charge in [-0.25, -0.2) is 19.2 Å². The van der Waals surface area contributed by atoms with E-state index in [1.165, 1.54) is 31.6 Å². The topological polar surface area (TPSA) is 167 Å². The maximum absolute atomic E-state index is 14.7. The summed E-state index contributed by atoms with van der Waals surface area (Å²) in [5, 5.41) is 24.4. The van der Waals surface area contributed by atoms with Crippen molar-refractivity contribution in [2.45, 2.75) is 19.5 Å². The highest BCUT2D eigenvalue weighted by molar-refractivity contribution is 5.96. The number of aromatic nitrogens is 3. The molecule has 5 N–H and O–H groups in total. The Balaban J connectivity index is 0.000000707. The Bertz CT molecular complexity index is 1690. The number of carbonyl (C=O) groups excluding carboxylic acids is 1. The van der Waals surface area contributed by atoms with Crippen LogP contribution in [0.4, 0.5) is 33.5 Å². The van der Waals surface area contributed by atoms with E-state index < -0.39 is 29.7 Å². The Morgan fingerprint density at radius 2 is 1.73 bits per heavy atom. The van der Waals surface area contributed by atoms with Crippen molar-refractivity contribution in [1.82, 2.24) is 25.0 Å². The number of ether oxygens (including phenoxy) is 1. The van der Waals surface area contributed by atoms with E-state index in [-0.39, 0.29) is 30.3 Å². The van der Waals surface area contributed by atoms with Crippen LogP contribution in [0.5, 0.6) is 5.75 Å². The zero-order chi connectivity index (χ0) is 33.3. The molecule has 12 nitrogen and oxygen atoms in total. The van der Waals surface area contributed by atoms with E-state index in [1.54, 1.807) is 22.7 Å². The number of anilines is 2. The number of carboxylic acids is 2. The predicted molar refractivity (Wildman–Crippen MR) is 151 cm³/mol. The van der Waals surface area contributed by atoms with Crippen molar-refractivity contribution in [3.8, 4) is 17.0 Å². The number of imidazole rings is 1. The molecule has 0 unspecified atom stereocenters. The SMILES string of the molecule is CCc1cc(Nc2nccn3c(-c4ccc(OC)c(F)c4F)cnc23)ccc1C(=O)NCCNCC(=O)O.O=C(O)C(F)(F)F. The molecule has 0 saturated carbocycles. The highest BCUT2D eigenvalue weighted by Gasteiger charge is 2.38. The summed E-state index contributed by atoms with van der Waals surface area (Å²) in [4.78, 5) is 40.8. The highest BCUT2D eigenvalue weighted by atomic mass is 19.4. The molecular formula is C28H27F5N6O6. The molecule has 2 aromatic heterocycles. The van der Waals surface area contributed by atoms with Gasteiger partial charge in [0.15, 0.2) is 23.0 Å². The molecule has 2 aromatic carbocycles. The number of rotatable bonds is 11. The predicted octanol–water partition coefficient (Wildman–Crippen LogP) is 4.03. The monoisotopic (exact) mass is 638 g/mol. The number of amides is 1. The number of nitrogens with one attached hydrogen (secondary N) is 3. The molecule has 4 aromatic rings. The summed E-state index contributed by atoms with van der Waals surface area (Å²) in [7, 11) is 1.26. The van der Waals surface area contributed by atoms with Crippen molar-refractivity contribution in [2.24, 2.45) is 0 Å². The molecule has 0 aliphatic carbocycles. The molecular weight excluding hydrogens is 611 g/mol. The molecule has 0 fully saturated rings. The number of carbonyl (C=O) groups is 3. The molecule has 0 bridgehead atoms. The lowest BCUT2D eigenvalue weighted by Crippen LogP contribution is -2.34. The second kappa shape index (κ2) is 14.9. The van der Waals surface area contributed by atoms with Crippen molar-refractivity contribution in [3.05, 3.63) is 71.7 Å². The number of nitrogens with zero attached hydrogens (tertiary/aromatic N) is 3. The first-order chi connectivity index (χ1) is 21.3. The summed E-state index contributed by atoms with van der Waals surface area (Å²) in [5.41, 5.74) is 2.71. The third-order valence-electron chi connectivity index (χ3n) is 6.07. The number of aryl methyl sites for hydroxylation is 1. The number of halogens is 5. The minimum atomic E-state index is -5.08. The van der Waals surface area contributed by atoms with E-state index in [0.29, 0.717) is 41.4 Å². The molecule has 0 atom stereocenters. The highest BCUT2D eigenvalue weighted by Crippen LogP contribution is 2.31. The number of aliphatic carboxylic acids is 2. The molecule has 45 heavy (non-hydrogen) atoms. The second-order valence-electron chi connectivity index (χ2n) is 9.04. The van der Waals surface area contributed by atoms with Gasteiger partial charge < -0.3 is 30.9 Å². The van der Waals surface area contributed by atoms with Crippen LogP contribution in [0, 0.1) is 11.6 Å². The lowest BCUT2D eigenvalue weighted by atomic mass is 10.0. The Hall–Kier alpha value is -5.32. The van der Waals surface area contributed by atoms with Crippen LogP contribution in [0.25, 0.3) is 16.9 Å². The number of methoxy groups -OCH3 is 1. The largest absolute Gasteiger partial charge is 0.494 e. The standard InChI is InChI=1S/C26H26F2N6O4.C2HF3O2/c1-3-15-12-16(4-5-17(15)26(37)31-9-8-29-14-21(35)36)33-24-25-32-13-19(34(25)11-10-30-24)18-6-7-20(38-2)23(28)22(18)27;3-2(4,5)1(6)7/h4-7,10-13,29H,3,8-9,14H2,1-2H3,(H,30,33)(H,31,37)(H,35,36);(H,6,7). The molecule has 0 spiro atoms. The molecule has 4 rings (SSSR count). The van der Waals surface area contributed by atoms with Crippen molar-refractivity contribution < 1.29 is 51.3 Å². The van der Waals surface area contributed by atoms with Gasteiger partial charge in [0.2, 0.25) is 5.82 Å². The fourth-order valence-electron chi connectivity index (χ4n) is 3.97. The molecule has 0 saturated heterocycles. The van der Waals surface area contributed by atoms with Gasteiger partial charge in [-0.2, -0.15) is 17.6 Å². The average molecular weight is 639 g/mol. The van der Waals surface area contributed by atoms with Crippen LogP contribution in [-0.2, 0) is 16.0 Å². The van der Waals surface area contributed by atoms with E-state index in [1.807, 2.05) is 13.0 Å². The molecule has 0 aliphatic rings. The van der Waals surface area contributed by atoms with Gasteiger partial charge in [-0.1, -0.05) is 6.92 Å². The lowest BCUT2D eigenvalue weighted by molar-refractivity contribution is -0.192. The number of carboxylic acid groups (broad SMARTS) is 2. The van der Waals surface area contributed by atoms with Crippen LogP contribution in [0.2, 0.25) is 0 Å². The van der Waals surface area contributed by atoms with Gasteiger partial charge in [-0.05, 0) is 42.3 Å². The number of alkyl halides is 3. The van der Waals surface area contributed by atoms with Crippen LogP contribution < -0.4 is 20.7 Å². The zero-order valence-corrected chi connectivity index (χ0v) is 23.7. The van der Waals surface area contributed by atoms with Crippen LogP contribution in [0.15, 0.2) is 48.9 Å². The van der Waals surface area contributed by atoms with Gasteiger partial charge in [-0.3, -0.25) is 14.0 Å². The Morgan fingerprint density at radius 3 is 2.36 bits per heavy atom. The van der Waals surface area contributed by atoms with Gasteiger partial charge >= 0.3 is 18.1 Å². The van der Waals surface area contributed by atoms with Gasteiger partial charge in [0, 0.05) is 42.3 Å². The van der Waals surface area contributed by atoms with Crippen molar-refractivity contribution >= 4 is 35.0 Å². The minimum absolute atomic E-state index is 0.0229. The minimum Gasteiger partial charge on any atom is -0.494 e. The van der Waals surface area contributed by atoms with Crippen LogP contribution >= 0.6 is 0 Å². The maximum Gasteiger partial charge on any atom is 0.490 e. The fraction of sp³-hybridized carbons (Fsp3) is 0.250. The smallest absolute Gasteiger partial charge is 0.490 e. The van der Waals surface area contributed by atoms with Crippen LogP contribution in [-0.4, -0.2) is 75.3 Å². The molecule has 0 aliphatic heterocycles. The summed E-state index contributed by atoms with van der Waals surface area (Å²) in [6.45, 7) is 2.35. The summed E-state index contributed by atoms with van der Waals surface area (Å²) in [6, 6.07) is 8.01. The summed E-state index contributed by atoms with van der Waals surface area (Å²) in [5.74, 6) is -5.92. The number of fused-ring (bicyclic) bond motifs is 1. The third-order valence-corrected chi connectivity index (χ3v) is 6.07. The number of benzene rings is 2. The van der Waals surface area contributed by atoms with Crippen molar-refractivity contribution in [2.75, 3.05) is 32.1 Å². The molecule has 240 valence electrons. The first-order valence-corrected chi connectivity index (χ1v) is 13.0. The Kier molecular flexibility index (Phi) is 11.3. The van der Waals surface area contributed by atoms with E-state index in [0.717, 1.165) is 5.56 Å². The van der Waals surface area contributed by atoms with E-state index in [2.05, 4.69) is 25.9 Å². The van der Waals surface area contributed by atoms with Gasteiger partial charge in [-0.15, -0.1) is 0 Å². The van der Waals surface area contributed by atoms with E-state index >= 15 is 0 Å². The quantitative estimate of drug-likeness (QED) is 0.120. The number of hydrogen-bond donors (Lipinski definition) is 5. The van der Waals surface area contributed by atoms with Crippen molar-refractivity contribution in [3.63, 3.8) is 0 Å². The summed E-state index contributed by atoms with van der Waals surface area (Å²) >= 11 is 0. The third kappa shape index (κ3) is 8.62. The van der Waals surface area contributed by atoms with E-state index in [4.69, 9.17) is 19.7 Å². The van der Waals surface area contributed by atoms with Gasteiger partial charge in [0.05, 0.1) is 25.5 Å². The zero-order valence-electron chi connectivity index (χ0n) is 23.7. The summed E-state index contributed by atoms with van der Waals surface area (Å²) in [6.07, 6.45) is 0.0473. The lowest BCUT2D eigenvalue weighted by Gasteiger charge is -2.13.